The molecule has 0 aromatic heterocycles. The van der Waals surface area contributed by atoms with Crippen molar-refractivity contribution in [2.24, 2.45) is 0 Å². The van der Waals surface area contributed by atoms with Crippen LogP contribution in [0.25, 0.3) is 0 Å². The molecule has 3 nitrogen and oxygen atoms in total. The van der Waals surface area contributed by atoms with Gasteiger partial charge < -0.3 is 5.73 Å². The Labute approximate surface area is 124 Å². The predicted octanol–water partition coefficient (Wildman–Crippen LogP) is 3.77. The van der Waals surface area contributed by atoms with Gasteiger partial charge >= 0.3 is 6.18 Å². The van der Waals surface area contributed by atoms with Crippen LogP contribution in [-0.2, 0) is 16.0 Å². The standard InChI is InChI=1S/C13H9ClF3NO2S/c14-10-3-1-2-4-12(10)21(19,20)8-5-6-11(18)9(7-8)13(15,16)17/h1-7H,18H2. The Kier molecular flexibility index (Phi) is 3.90. The first-order valence-electron chi connectivity index (χ1n) is 5.60. The molecule has 0 bridgehead atoms. The van der Waals surface area contributed by atoms with Gasteiger partial charge in [0.1, 0.15) is 0 Å². The zero-order valence-electron chi connectivity index (χ0n) is 10.4. The summed E-state index contributed by atoms with van der Waals surface area (Å²) in [5.74, 6) is 0. The van der Waals surface area contributed by atoms with E-state index < -0.39 is 32.2 Å². The molecule has 2 aromatic carbocycles. The van der Waals surface area contributed by atoms with Gasteiger partial charge in [-0.2, -0.15) is 13.2 Å². The summed E-state index contributed by atoms with van der Waals surface area (Å²) < 4.78 is 63.1. The van der Waals surface area contributed by atoms with Crippen LogP contribution in [0.3, 0.4) is 0 Å². The molecule has 0 aliphatic rings. The van der Waals surface area contributed by atoms with Crippen molar-refractivity contribution in [3.05, 3.63) is 53.1 Å². The first-order chi connectivity index (χ1) is 9.64. The molecule has 8 heteroatoms. The highest BCUT2D eigenvalue weighted by Crippen LogP contribution is 2.36. The van der Waals surface area contributed by atoms with E-state index in [1.165, 1.54) is 24.3 Å². The van der Waals surface area contributed by atoms with Crippen molar-refractivity contribution in [2.45, 2.75) is 16.0 Å². The van der Waals surface area contributed by atoms with Gasteiger partial charge in [0.15, 0.2) is 0 Å². The molecule has 2 aromatic rings. The van der Waals surface area contributed by atoms with Gasteiger partial charge in [0, 0.05) is 5.69 Å². The fraction of sp³-hybridized carbons (Fsp3) is 0.0769. The van der Waals surface area contributed by atoms with Crippen LogP contribution in [0, 0.1) is 0 Å². The van der Waals surface area contributed by atoms with Gasteiger partial charge in [-0.05, 0) is 30.3 Å². The van der Waals surface area contributed by atoms with Gasteiger partial charge in [0.25, 0.3) is 0 Å². The number of nitrogen functional groups attached to an aromatic ring is 1. The van der Waals surface area contributed by atoms with Crippen LogP contribution in [0.2, 0.25) is 5.02 Å². The van der Waals surface area contributed by atoms with Crippen molar-refractivity contribution < 1.29 is 21.6 Å². The summed E-state index contributed by atoms with van der Waals surface area (Å²) >= 11 is 5.79. The van der Waals surface area contributed by atoms with E-state index in [0.29, 0.717) is 6.07 Å². The van der Waals surface area contributed by atoms with E-state index in [2.05, 4.69) is 0 Å². The van der Waals surface area contributed by atoms with Gasteiger partial charge in [0.2, 0.25) is 9.84 Å². The van der Waals surface area contributed by atoms with E-state index in [9.17, 15) is 21.6 Å². The third kappa shape index (κ3) is 2.98. The second-order valence-corrected chi connectivity index (χ2v) is 6.51. The Morgan fingerprint density at radius 1 is 1.05 bits per heavy atom. The summed E-state index contributed by atoms with van der Waals surface area (Å²) in [6, 6.07) is 7.95. The fourth-order valence-corrected chi connectivity index (χ4v) is 3.53. The molecule has 21 heavy (non-hydrogen) atoms. The lowest BCUT2D eigenvalue weighted by Gasteiger charge is -2.12. The van der Waals surface area contributed by atoms with Gasteiger partial charge in [0.05, 0.1) is 20.4 Å². The van der Waals surface area contributed by atoms with Crippen molar-refractivity contribution in [1.82, 2.24) is 0 Å². The number of sulfone groups is 1. The second kappa shape index (κ2) is 5.23. The number of nitrogens with two attached hydrogens (primary N) is 1. The highest BCUT2D eigenvalue weighted by molar-refractivity contribution is 7.91. The molecule has 2 rings (SSSR count). The molecule has 0 amide bonds. The number of rotatable bonds is 2. The lowest BCUT2D eigenvalue weighted by Crippen LogP contribution is -2.11. The molecule has 0 spiro atoms. The highest BCUT2D eigenvalue weighted by atomic mass is 35.5. The maximum atomic E-state index is 12.8. The van der Waals surface area contributed by atoms with Crippen LogP contribution < -0.4 is 5.73 Å². The SMILES string of the molecule is Nc1ccc(S(=O)(=O)c2ccccc2Cl)cc1C(F)(F)F. The quantitative estimate of drug-likeness (QED) is 0.850. The summed E-state index contributed by atoms with van der Waals surface area (Å²) in [5.41, 5.74) is 3.51. The molecule has 0 heterocycles. The van der Waals surface area contributed by atoms with Gasteiger partial charge in [-0.15, -0.1) is 0 Å². The first-order valence-corrected chi connectivity index (χ1v) is 7.46. The maximum Gasteiger partial charge on any atom is 0.418 e. The fourth-order valence-electron chi connectivity index (χ4n) is 1.74. The summed E-state index contributed by atoms with van der Waals surface area (Å²) in [7, 11) is -4.16. The van der Waals surface area contributed by atoms with Crippen molar-refractivity contribution in [2.75, 3.05) is 5.73 Å². The predicted molar refractivity (Wildman–Crippen MR) is 72.8 cm³/mol. The third-order valence-corrected chi connectivity index (χ3v) is 5.02. The molecule has 112 valence electrons. The van der Waals surface area contributed by atoms with E-state index in [4.69, 9.17) is 17.3 Å². The number of hydrogen-bond donors (Lipinski definition) is 1. The number of alkyl halides is 3. The van der Waals surface area contributed by atoms with E-state index in [1.807, 2.05) is 0 Å². The van der Waals surface area contributed by atoms with Gasteiger partial charge in [-0.1, -0.05) is 23.7 Å². The van der Waals surface area contributed by atoms with Gasteiger partial charge in [-0.25, -0.2) is 8.42 Å². The molecule has 0 unspecified atom stereocenters. The topological polar surface area (TPSA) is 60.2 Å². The zero-order chi connectivity index (χ0) is 15.8. The Morgan fingerprint density at radius 3 is 2.24 bits per heavy atom. The lowest BCUT2D eigenvalue weighted by atomic mass is 10.2. The maximum absolute atomic E-state index is 12.8. The third-order valence-electron chi connectivity index (χ3n) is 2.77. The van der Waals surface area contributed by atoms with Crippen LogP contribution in [0.4, 0.5) is 18.9 Å². The Hall–Kier alpha value is -1.73. The number of halogens is 4. The minimum absolute atomic E-state index is 0.0668. The molecule has 0 fully saturated rings. The molecule has 0 atom stereocenters. The highest BCUT2D eigenvalue weighted by Gasteiger charge is 2.34. The summed E-state index contributed by atoms with van der Waals surface area (Å²) in [6.07, 6.45) is -4.74. The monoisotopic (exact) mass is 335 g/mol. The van der Waals surface area contributed by atoms with E-state index in [0.717, 1.165) is 12.1 Å². The van der Waals surface area contributed by atoms with Crippen LogP contribution >= 0.6 is 11.6 Å². The summed E-state index contributed by atoms with van der Waals surface area (Å²) in [4.78, 5) is -0.776. The smallest absolute Gasteiger partial charge is 0.398 e. The van der Waals surface area contributed by atoms with E-state index in [1.54, 1.807) is 0 Å². The average Bonchev–Trinajstić information content (AvgIpc) is 2.37. The van der Waals surface area contributed by atoms with Crippen molar-refractivity contribution in [3.63, 3.8) is 0 Å². The van der Waals surface area contributed by atoms with Crippen LogP contribution in [0.15, 0.2) is 52.3 Å². The molecule has 2 N–H and O–H groups in total. The van der Waals surface area contributed by atoms with Crippen LogP contribution in [0.1, 0.15) is 5.56 Å². The molecule has 0 saturated heterocycles. The molecule has 0 saturated carbocycles. The van der Waals surface area contributed by atoms with Crippen molar-refractivity contribution >= 4 is 27.1 Å². The molecular formula is C13H9ClF3NO2S. The lowest BCUT2D eigenvalue weighted by molar-refractivity contribution is -0.137. The molecule has 0 aliphatic heterocycles. The molecular weight excluding hydrogens is 327 g/mol. The number of benzene rings is 2. The number of anilines is 1. The Balaban J connectivity index is 2.65. The normalized spacial score (nSPS) is 12.4. The number of hydrogen-bond acceptors (Lipinski definition) is 3. The van der Waals surface area contributed by atoms with E-state index in [-0.39, 0.29) is 9.92 Å². The van der Waals surface area contributed by atoms with Crippen LogP contribution in [0.5, 0.6) is 0 Å². The summed E-state index contributed by atoms with van der Waals surface area (Å²) in [5, 5.41) is -0.0668. The van der Waals surface area contributed by atoms with E-state index >= 15 is 0 Å². The largest absolute Gasteiger partial charge is 0.418 e. The Bertz CT molecular complexity index is 788. The van der Waals surface area contributed by atoms with Crippen LogP contribution in [-0.4, -0.2) is 8.42 Å². The molecule has 0 aliphatic carbocycles. The first kappa shape index (κ1) is 15.7. The molecule has 0 radical (unpaired) electrons. The second-order valence-electron chi connectivity index (χ2n) is 4.18. The Morgan fingerprint density at radius 2 is 1.67 bits per heavy atom. The zero-order valence-corrected chi connectivity index (χ0v) is 11.9. The minimum atomic E-state index is -4.74. The van der Waals surface area contributed by atoms with Crippen molar-refractivity contribution in [1.29, 1.82) is 0 Å². The van der Waals surface area contributed by atoms with Gasteiger partial charge in [-0.3, -0.25) is 0 Å². The van der Waals surface area contributed by atoms with Crippen molar-refractivity contribution in [3.8, 4) is 0 Å². The summed E-state index contributed by atoms with van der Waals surface area (Å²) in [6.45, 7) is 0. The average molecular weight is 336 g/mol. The minimum Gasteiger partial charge on any atom is -0.398 e.